The van der Waals surface area contributed by atoms with Crippen molar-refractivity contribution in [3.05, 3.63) is 34.8 Å². The van der Waals surface area contributed by atoms with Gasteiger partial charge < -0.3 is 5.32 Å². The van der Waals surface area contributed by atoms with Gasteiger partial charge in [0.25, 0.3) is 0 Å². The summed E-state index contributed by atoms with van der Waals surface area (Å²) in [6.45, 7) is 9.77. The molecule has 1 heterocycles. The summed E-state index contributed by atoms with van der Waals surface area (Å²) < 4.78 is 0. The van der Waals surface area contributed by atoms with Crippen LogP contribution < -0.4 is 5.32 Å². The third-order valence-electron chi connectivity index (χ3n) is 3.32. The molecule has 4 heteroatoms. The Hall–Kier alpha value is -1.26. The highest BCUT2D eigenvalue weighted by Crippen LogP contribution is 2.27. The predicted octanol–water partition coefficient (Wildman–Crippen LogP) is 4.09. The van der Waals surface area contributed by atoms with E-state index < -0.39 is 0 Å². The van der Waals surface area contributed by atoms with E-state index in [1.807, 2.05) is 0 Å². The molecule has 2 rings (SSSR count). The van der Waals surface area contributed by atoms with Gasteiger partial charge in [0.2, 0.25) is 0 Å². The summed E-state index contributed by atoms with van der Waals surface area (Å²) in [5, 5.41) is 14.4. The fourth-order valence-electron chi connectivity index (χ4n) is 2.20. The van der Waals surface area contributed by atoms with Crippen LogP contribution >= 0.6 is 11.3 Å². The number of hydrogen-bond donors (Lipinski definition) is 1. The highest BCUT2D eigenvalue weighted by Gasteiger charge is 2.11. The minimum Gasteiger partial charge on any atom is -0.312 e. The maximum absolute atomic E-state index is 4.37. The maximum atomic E-state index is 4.37. The molecule has 114 valence electrons. The van der Waals surface area contributed by atoms with E-state index in [1.165, 1.54) is 11.1 Å². The van der Waals surface area contributed by atoms with Crippen LogP contribution in [0, 0.1) is 0 Å². The van der Waals surface area contributed by atoms with E-state index in [0.29, 0.717) is 0 Å². The molecule has 1 N–H and O–H groups in total. The summed E-state index contributed by atoms with van der Waals surface area (Å²) >= 11 is 1.72. The minimum absolute atomic E-state index is 0.187. The van der Waals surface area contributed by atoms with Gasteiger partial charge in [0.15, 0.2) is 0 Å². The number of benzene rings is 1. The van der Waals surface area contributed by atoms with Gasteiger partial charge in [-0.1, -0.05) is 42.5 Å². The Kier molecular flexibility index (Phi) is 5.48. The van der Waals surface area contributed by atoms with Crippen molar-refractivity contribution in [3.8, 4) is 10.6 Å². The van der Waals surface area contributed by atoms with E-state index in [2.05, 4.69) is 67.5 Å². The Morgan fingerprint density at radius 3 is 2.62 bits per heavy atom. The molecule has 1 aromatic carbocycles. The highest BCUT2D eigenvalue weighted by atomic mass is 32.1. The molecule has 0 aliphatic carbocycles. The molecule has 0 fully saturated rings. The number of nitrogens with one attached hydrogen (secondary N) is 1. The third kappa shape index (κ3) is 4.90. The minimum atomic E-state index is 0.187. The number of hydrogen-bond acceptors (Lipinski definition) is 4. The number of aromatic nitrogens is 2. The molecule has 0 amide bonds. The Labute approximate surface area is 131 Å². The third-order valence-corrected chi connectivity index (χ3v) is 4.33. The van der Waals surface area contributed by atoms with Crippen LogP contribution in [-0.4, -0.2) is 22.3 Å². The topological polar surface area (TPSA) is 37.8 Å². The van der Waals surface area contributed by atoms with Crippen molar-refractivity contribution in [2.75, 3.05) is 6.54 Å². The number of aryl methyl sites for hydroxylation is 2. The summed E-state index contributed by atoms with van der Waals surface area (Å²) in [5.74, 6) is 0. The van der Waals surface area contributed by atoms with Gasteiger partial charge in [-0.25, -0.2) is 0 Å². The van der Waals surface area contributed by atoms with Crippen LogP contribution in [0.25, 0.3) is 10.6 Å². The van der Waals surface area contributed by atoms with Gasteiger partial charge in [-0.05, 0) is 45.7 Å². The molecule has 0 aliphatic rings. The quantitative estimate of drug-likeness (QED) is 0.817. The predicted molar refractivity (Wildman–Crippen MR) is 90.8 cm³/mol. The van der Waals surface area contributed by atoms with Crippen LogP contribution in [-0.2, 0) is 12.8 Å². The zero-order chi connectivity index (χ0) is 15.3. The summed E-state index contributed by atoms with van der Waals surface area (Å²) in [7, 11) is 0. The first-order chi connectivity index (χ1) is 9.99. The van der Waals surface area contributed by atoms with Crippen molar-refractivity contribution in [3.63, 3.8) is 0 Å². The van der Waals surface area contributed by atoms with Crippen molar-refractivity contribution in [1.29, 1.82) is 0 Å². The molecule has 0 spiro atoms. The average molecular weight is 303 g/mol. The van der Waals surface area contributed by atoms with Crippen LogP contribution in [0.3, 0.4) is 0 Å². The summed E-state index contributed by atoms with van der Waals surface area (Å²) in [5.41, 5.74) is 2.76. The summed E-state index contributed by atoms with van der Waals surface area (Å²) in [6, 6.07) is 8.47. The Balaban J connectivity index is 1.95. The molecule has 1 aromatic heterocycles. The highest BCUT2D eigenvalue weighted by molar-refractivity contribution is 7.14. The molecular formula is C17H25N3S. The first kappa shape index (κ1) is 16.1. The standard InChI is InChI=1S/C17H25N3S/c1-5-13-9-6-7-10-14(13)16-20-19-15(21-16)11-8-12-18-17(2,3)4/h6-7,9-10,18H,5,8,11-12H2,1-4H3. The van der Waals surface area contributed by atoms with Crippen LogP contribution in [0.15, 0.2) is 24.3 Å². The first-order valence-electron chi connectivity index (χ1n) is 7.65. The SMILES string of the molecule is CCc1ccccc1-c1nnc(CCCNC(C)(C)C)s1. The second-order valence-electron chi connectivity index (χ2n) is 6.29. The van der Waals surface area contributed by atoms with Crippen LogP contribution in [0.1, 0.15) is 44.7 Å². The maximum Gasteiger partial charge on any atom is 0.148 e. The van der Waals surface area contributed by atoms with Crippen LogP contribution in [0.5, 0.6) is 0 Å². The monoisotopic (exact) mass is 303 g/mol. The van der Waals surface area contributed by atoms with E-state index in [0.717, 1.165) is 35.8 Å². The van der Waals surface area contributed by atoms with Crippen molar-refractivity contribution in [2.45, 2.75) is 52.5 Å². The van der Waals surface area contributed by atoms with Gasteiger partial charge in [0.1, 0.15) is 10.0 Å². The van der Waals surface area contributed by atoms with E-state index in [4.69, 9.17) is 0 Å². The Morgan fingerprint density at radius 2 is 1.90 bits per heavy atom. The fraction of sp³-hybridized carbons (Fsp3) is 0.529. The van der Waals surface area contributed by atoms with Crippen molar-refractivity contribution >= 4 is 11.3 Å². The molecule has 0 bridgehead atoms. The smallest absolute Gasteiger partial charge is 0.148 e. The molecule has 3 nitrogen and oxygen atoms in total. The molecular weight excluding hydrogens is 278 g/mol. The summed E-state index contributed by atoms with van der Waals surface area (Å²) in [4.78, 5) is 0. The Bertz CT molecular complexity index is 569. The molecule has 0 atom stereocenters. The molecule has 2 aromatic rings. The second-order valence-corrected chi connectivity index (χ2v) is 7.35. The zero-order valence-corrected chi connectivity index (χ0v) is 14.3. The van der Waals surface area contributed by atoms with E-state index >= 15 is 0 Å². The van der Waals surface area contributed by atoms with Crippen molar-refractivity contribution in [2.24, 2.45) is 0 Å². The lowest BCUT2D eigenvalue weighted by Gasteiger charge is -2.20. The number of nitrogens with zero attached hydrogens (tertiary/aromatic N) is 2. The lowest BCUT2D eigenvalue weighted by Crippen LogP contribution is -2.36. The average Bonchev–Trinajstić information content (AvgIpc) is 2.91. The van der Waals surface area contributed by atoms with E-state index in [9.17, 15) is 0 Å². The van der Waals surface area contributed by atoms with Gasteiger partial charge >= 0.3 is 0 Å². The Morgan fingerprint density at radius 1 is 1.14 bits per heavy atom. The molecule has 0 saturated heterocycles. The van der Waals surface area contributed by atoms with Crippen LogP contribution in [0.2, 0.25) is 0 Å². The van der Waals surface area contributed by atoms with Gasteiger partial charge in [0.05, 0.1) is 0 Å². The van der Waals surface area contributed by atoms with E-state index in [-0.39, 0.29) is 5.54 Å². The largest absolute Gasteiger partial charge is 0.312 e. The molecule has 0 unspecified atom stereocenters. The van der Waals surface area contributed by atoms with Crippen molar-refractivity contribution in [1.82, 2.24) is 15.5 Å². The number of rotatable bonds is 6. The molecule has 0 aliphatic heterocycles. The lowest BCUT2D eigenvalue weighted by atomic mass is 10.1. The second kappa shape index (κ2) is 7.14. The lowest BCUT2D eigenvalue weighted by molar-refractivity contribution is 0.422. The van der Waals surface area contributed by atoms with Crippen molar-refractivity contribution < 1.29 is 0 Å². The first-order valence-corrected chi connectivity index (χ1v) is 8.47. The molecule has 21 heavy (non-hydrogen) atoms. The summed E-state index contributed by atoms with van der Waals surface area (Å²) in [6.07, 6.45) is 3.12. The van der Waals surface area contributed by atoms with Gasteiger partial charge in [-0.15, -0.1) is 10.2 Å². The van der Waals surface area contributed by atoms with E-state index in [1.54, 1.807) is 11.3 Å². The van der Waals surface area contributed by atoms with Gasteiger partial charge in [-0.2, -0.15) is 0 Å². The zero-order valence-electron chi connectivity index (χ0n) is 13.4. The molecule has 0 saturated carbocycles. The molecule has 0 radical (unpaired) electrons. The van der Waals surface area contributed by atoms with Gasteiger partial charge in [-0.3, -0.25) is 0 Å². The normalized spacial score (nSPS) is 11.8. The van der Waals surface area contributed by atoms with Gasteiger partial charge in [0, 0.05) is 17.5 Å². The fourth-order valence-corrected chi connectivity index (χ4v) is 3.15. The van der Waals surface area contributed by atoms with Crippen LogP contribution in [0.4, 0.5) is 0 Å².